The van der Waals surface area contributed by atoms with Gasteiger partial charge >= 0.3 is 0 Å². The zero-order chi connectivity index (χ0) is 12.3. The molecule has 1 N–H and O–H groups in total. The quantitative estimate of drug-likeness (QED) is 0.783. The summed E-state index contributed by atoms with van der Waals surface area (Å²) in [7, 11) is 2.08. The molecule has 0 radical (unpaired) electrons. The van der Waals surface area contributed by atoms with Gasteiger partial charge in [0.1, 0.15) is 0 Å². The van der Waals surface area contributed by atoms with Crippen LogP contribution in [0.15, 0.2) is 0 Å². The Balaban J connectivity index is 1.83. The number of rotatable bonds is 4. The molecule has 2 aliphatic rings. The Labute approximate surface area is 108 Å². The first-order valence-corrected chi connectivity index (χ1v) is 7.72. The van der Waals surface area contributed by atoms with E-state index in [1.807, 2.05) is 16.7 Å². The number of likely N-dealkylation sites (tertiary alicyclic amines) is 1. The third-order valence-electron chi connectivity index (χ3n) is 3.84. The standard InChI is InChI=1S/C12H23N3OS/c1-14(10-7-13-8-11(10)17-2)9-12(16)15-5-3-4-6-15/h10-11,13H,3-9H2,1-2H3. The molecule has 0 aromatic carbocycles. The van der Waals surface area contributed by atoms with E-state index in [-0.39, 0.29) is 0 Å². The average Bonchev–Trinajstić information content (AvgIpc) is 2.99. The smallest absolute Gasteiger partial charge is 0.236 e. The normalized spacial score (nSPS) is 29.2. The topological polar surface area (TPSA) is 35.6 Å². The van der Waals surface area contributed by atoms with Gasteiger partial charge in [0, 0.05) is 37.5 Å². The van der Waals surface area contributed by atoms with Crippen molar-refractivity contribution in [2.45, 2.75) is 24.1 Å². The maximum atomic E-state index is 12.1. The van der Waals surface area contributed by atoms with E-state index in [0.29, 0.717) is 23.7 Å². The molecule has 0 aromatic rings. The third kappa shape index (κ3) is 3.14. The van der Waals surface area contributed by atoms with E-state index >= 15 is 0 Å². The lowest BCUT2D eigenvalue weighted by Crippen LogP contribution is -2.45. The van der Waals surface area contributed by atoms with Gasteiger partial charge in [-0.1, -0.05) is 0 Å². The van der Waals surface area contributed by atoms with Gasteiger partial charge in [0.05, 0.1) is 6.54 Å². The minimum atomic E-state index is 0.303. The molecule has 0 aromatic heterocycles. The van der Waals surface area contributed by atoms with Gasteiger partial charge in [-0.3, -0.25) is 9.69 Å². The fourth-order valence-corrected chi connectivity index (χ4v) is 3.62. The van der Waals surface area contributed by atoms with Crippen molar-refractivity contribution in [3.63, 3.8) is 0 Å². The van der Waals surface area contributed by atoms with Gasteiger partial charge in [-0.05, 0) is 26.1 Å². The molecule has 2 unspecified atom stereocenters. The second-order valence-corrected chi connectivity index (χ2v) is 6.08. The Kier molecular flexibility index (Phi) is 4.70. The lowest BCUT2D eigenvalue weighted by Gasteiger charge is -2.29. The van der Waals surface area contributed by atoms with Crippen LogP contribution in [0.3, 0.4) is 0 Å². The molecule has 1 amide bonds. The van der Waals surface area contributed by atoms with E-state index in [2.05, 4.69) is 23.5 Å². The highest BCUT2D eigenvalue weighted by molar-refractivity contribution is 7.99. The Morgan fingerprint density at radius 1 is 1.41 bits per heavy atom. The van der Waals surface area contributed by atoms with Gasteiger partial charge < -0.3 is 10.2 Å². The molecule has 4 nitrogen and oxygen atoms in total. The molecule has 0 spiro atoms. The number of carbonyl (C=O) groups excluding carboxylic acids is 1. The van der Waals surface area contributed by atoms with Crippen molar-refractivity contribution in [1.82, 2.24) is 15.1 Å². The van der Waals surface area contributed by atoms with Crippen LogP contribution in [0.5, 0.6) is 0 Å². The van der Waals surface area contributed by atoms with Crippen molar-refractivity contribution in [2.24, 2.45) is 0 Å². The van der Waals surface area contributed by atoms with Gasteiger partial charge in [0.25, 0.3) is 0 Å². The number of hydrogen-bond acceptors (Lipinski definition) is 4. The van der Waals surface area contributed by atoms with Crippen molar-refractivity contribution in [3.05, 3.63) is 0 Å². The first kappa shape index (κ1) is 13.2. The van der Waals surface area contributed by atoms with Gasteiger partial charge in [0.15, 0.2) is 0 Å². The van der Waals surface area contributed by atoms with Crippen LogP contribution in [0.2, 0.25) is 0 Å². The number of amides is 1. The van der Waals surface area contributed by atoms with Crippen molar-refractivity contribution in [1.29, 1.82) is 0 Å². The largest absolute Gasteiger partial charge is 0.342 e. The predicted molar refractivity (Wildman–Crippen MR) is 72.4 cm³/mol. The summed E-state index contributed by atoms with van der Waals surface area (Å²) < 4.78 is 0. The van der Waals surface area contributed by atoms with E-state index in [9.17, 15) is 4.79 Å². The fraction of sp³-hybridized carbons (Fsp3) is 0.917. The number of nitrogens with one attached hydrogen (secondary N) is 1. The molecular weight excluding hydrogens is 234 g/mol. The van der Waals surface area contributed by atoms with Crippen LogP contribution in [0.1, 0.15) is 12.8 Å². The van der Waals surface area contributed by atoms with Gasteiger partial charge in [-0.15, -0.1) is 0 Å². The zero-order valence-electron chi connectivity index (χ0n) is 10.8. The van der Waals surface area contributed by atoms with Crippen LogP contribution < -0.4 is 5.32 Å². The highest BCUT2D eigenvalue weighted by Crippen LogP contribution is 2.19. The molecule has 0 aliphatic carbocycles. The summed E-state index contributed by atoms with van der Waals surface area (Å²) >= 11 is 1.90. The van der Waals surface area contributed by atoms with Crippen LogP contribution in [-0.4, -0.2) is 73.0 Å². The fourth-order valence-electron chi connectivity index (χ4n) is 2.72. The zero-order valence-corrected chi connectivity index (χ0v) is 11.6. The number of thioether (sulfide) groups is 1. The summed E-state index contributed by atoms with van der Waals surface area (Å²) in [5.41, 5.74) is 0. The summed E-state index contributed by atoms with van der Waals surface area (Å²) in [6.07, 6.45) is 4.50. The van der Waals surface area contributed by atoms with E-state index in [1.165, 1.54) is 12.8 Å². The Morgan fingerprint density at radius 3 is 2.76 bits per heavy atom. The minimum Gasteiger partial charge on any atom is -0.342 e. The third-order valence-corrected chi connectivity index (χ3v) is 4.93. The van der Waals surface area contributed by atoms with Crippen molar-refractivity contribution in [2.75, 3.05) is 46.0 Å². The SMILES string of the molecule is CSC1CNCC1N(C)CC(=O)N1CCCC1. The molecule has 98 valence electrons. The predicted octanol–water partition coefficient (Wildman–Crippen LogP) is 0.244. The van der Waals surface area contributed by atoms with Crippen molar-refractivity contribution >= 4 is 17.7 Å². The lowest BCUT2D eigenvalue weighted by atomic mass is 10.2. The van der Waals surface area contributed by atoms with E-state index in [4.69, 9.17) is 0 Å². The van der Waals surface area contributed by atoms with Gasteiger partial charge in [0.2, 0.25) is 5.91 Å². The second-order valence-electron chi connectivity index (χ2n) is 5.00. The van der Waals surface area contributed by atoms with Gasteiger partial charge in [-0.25, -0.2) is 0 Å². The van der Waals surface area contributed by atoms with Crippen LogP contribution in [0.25, 0.3) is 0 Å². The Morgan fingerprint density at radius 2 is 2.12 bits per heavy atom. The molecule has 0 saturated carbocycles. The molecule has 2 fully saturated rings. The van der Waals surface area contributed by atoms with Crippen molar-refractivity contribution < 1.29 is 4.79 Å². The summed E-state index contributed by atoms with van der Waals surface area (Å²) in [4.78, 5) is 16.3. The van der Waals surface area contributed by atoms with E-state index in [1.54, 1.807) is 0 Å². The molecule has 2 atom stereocenters. The number of carbonyl (C=O) groups is 1. The average molecular weight is 257 g/mol. The molecule has 2 aliphatic heterocycles. The second kappa shape index (κ2) is 6.07. The molecule has 0 bridgehead atoms. The number of hydrogen-bond donors (Lipinski definition) is 1. The molecule has 2 heterocycles. The summed E-state index contributed by atoms with van der Waals surface area (Å²) in [6, 6.07) is 0.497. The van der Waals surface area contributed by atoms with Crippen molar-refractivity contribution in [3.8, 4) is 0 Å². The van der Waals surface area contributed by atoms with Crippen LogP contribution in [-0.2, 0) is 4.79 Å². The first-order valence-electron chi connectivity index (χ1n) is 6.44. The summed E-state index contributed by atoms with van der Waals surface area (Å²) in [5.74, 6) is 0.303. The summed E-state index contributed by atoms with van der Waals surface area (Å²) in [5, 5.41) is 4.03. The Bertz CT molecular complexity index is 268. The molecule has 2 saturated heterocycles. The maximum Gasteiger partial charge on any atom is 0.236 e. The lowest BCUT2D eigenvalue weighted by molar-refractivity contribution is -0.131. The highest BCUT2D eigenvalue weighted by Gasteiger charge is 2.31. The molecule has 17 heavy (non-hydrogen) atoms. The molecular formula is C12H23N3OS. The Hall–Kier alpha value is -0.260. The monoisotopic (exact) mass is 257 g/mol. The number of nitrogens with zero attached hydrogens (tertiary/aromatic N) is 2. The van der Waals surface area contributed by atoms with Crippen LogP contribution >= 0.6 is 11.8 Å². The molecule has 2 rings (SSSR count). The van der Waals surface area contributed by atoms with Gasteiger partial charge in [-0.2, -0.15) is 11.8 Å². The van der Waals surface area contributed by atoms with Crippen LogP contribution in [0.4, 0.5) is 0 Å². The first-order chi connectivity index (χ1) is 8.22. The van der Waals surface area contributed by atoms with Crippen LogP contribution in [0, 0.1) is 0 Å². The molecule has 5 heteroatoms. The maximum absolute atomic E-state index is 12.1. The minimum absolute atomic E-state index is 0.303. The highest BCUT2D eigenvalue weighted by atomic mass is 32.2. The van der Waals surface area contributed by atoms with E-state index in [0.717, 1.165) is 26.2 Å². The number of likely N-dealkylation sites (N-methyl/N-ethyl adjacent to an activating group) is 1. The van der Waals surface area contributed by atoms with E-state index < -0.39 is 0 Å². The summed E-state index contributed by atoms with van der Waals surface area (Å²) in [6.45, 7) is 4.57.